The molecule has 15 heavy (non-hydrogen) atoms. The smallest absolute Gasteiger partial charge is 0.154 e. The first-order chi connectivity index (χ1) is 7.31. The van der Waals surface area contributed by atoms with E-state index in [-0.39, 0.29) is 6.61 Å². The van der Waals surface area contributed by atoms with Crippen molar-refractivity contribution in [1.29, 1.82) is 0 Å². The van der Waals surface area contributed by atoms with Crippen molar-refractivity contribution in [2.24, 2.45) is 0 Å². The van der Waals surface area contributed by atoms with Gasteiger partial charge in [-0.3, -0.25) is 0 Å². The van der Waals surface area contributed by atoms with Gasteiger partial charge < -0.3 is 19.7 Å². The Labute approximate surface area is 92.2 Å². The van der Waals surface area contributed by atoms with E-state index in [2.05, 4.69) is 6.92 Å². The minimum absolute atomic E-state index is 0.173. The lowest BCUT2D eigenvalue weighted by atomic mass is 10.2. The molecule has 0 aliphatic rings. The number of aliphatic hydroxyl groups is 2. The van der Waals surface area contributed by atoms with Gasteiger partial charge in [-0.15, -0.1) is 0 Å². The summed E-state index contributed by atoms with van der Waals surface area (Å²) in [4.78, 5) is 0. The molecule has 2 N–H and O–H groups in total. The predicted molar refractivity (Wildman–Crippen MR) is 58.6 cm³/mol. The summed E-state index contributed by atoms with van der Waals surface area (Å²) in [6, 6.07) is 0. The third kappa shape index (κ3) is 11.8. The summed E-state index contributed by atoms with van der Waals surface area (Å²) in [6.45, 7) is 4.01. The van der Waals surface area contributed by atoms with Crippen LogP contribution in [0, 0.1) is 0 Å². The van der Waals surface area contributed by atoms with Crippen molar-refractivity contribution in [2.75, 3.05) is 26.4 Å². The summed E-state index contributed by atoms with van der Waals surface area (Å²) in [7, 11) is 0. The van der Waals surface area contributed by atoms with Gasteiger partial charge in [0.2, 0.25) is 0 Å². The van der Waals surface area contributed by atoms with Crippen LogP contribution in [0.3, 0.4) is 0 Å². The van der Waals surface area contributed by atoms with Crippen LogP contribution in [0.2, 0.25) is 0 Å². The van der Waals surface area contributed by atoms with E-state index >= 15 is 0 Å². The van der Waals surface area contributed by atoms with Crippen LogP contribution in [0.4, 0.5) is 0 Å². The van der Waals surface area contributed by atoms with E-state index in [9.17, 15) is 5.11 Å². The van der Waals surface area contributed by atoms with Gasteiger partial charge >= 0.3 is 0 Å². The minimum atomic E-state index is -0.623. The Morgan fingerprint density at radius 3 is 2.47 bits per heavy atom. The lowest BCUT2D eigenvalue weighted by molar-refractivity contribution is -0.107. The summed E-state index contributed by atoms with van der Waals surface area (Å²) < 4.78 is 10.4. The van der Waals surface area contributed by atoms with Gasteiger partial charge in [-0.25, -0.2) is 0 Å². The molecular formula is C11H24O4. The highest BCUT2D eigenvalue weighted by Gasteiger charge is 2.01. The Hall–Kier alpha value is -0.160. The highest BCUT2D eigenvalue weighted by atomic mass is 16.6. The second kappa shape index (κ2) is 11.9. The van der Waals surface area contributed by atoms with Crippen molar-refractivity contribution >= 4 is 0 Å². The molecule has 0 fully saturated rings. The molecule has 0 saturated heterocycles. The molecular weight excluding hydrogens is 196 g/mol. The molecule has 0 aliphatic carbocycles. The lowest BCUT2D eigenvalue weighted by Crippen LogP contribution is -2.13. The fourth-order valence-corrected chi connectivity index (χ4v) is 1.11. The standard InChI is InChI=1S/C11H24O4/c1-2-3-6-11(13)15-10-5-9-14-8-4-7-12/h11-13H,2-10H2,1H3. The zero-order valence-electron chi connectivity index (χ0n) is 9.65. The Morgan fingerprint density at radius 2 is 1.80 bits per heavy atom. The second-order valence-electron chi connectivity index (χ2n) is 3.51. The Morgan fingerprint density at radius 1 is 1.07 bits per heavy atom. The van der Waals surface area contributed by atoms with E-state index in [1.165, 1.54) is 0 Å². The molecule has 1 atom stereocenters. The van der Waals surface area contributed by atoms with E-state index in [1.54, 1.807) is 0 Å². The second-order valence-corrected chi connectivity index (χ2v) is 3.51. The Bertz CT molecular complexity index is 119. The summed E-state index contributed by atoms with van der Waals surface area (Å²) in [5.41, 5.74) is 0. The number of unbranched alkanes of at least 4 members (excludes halogenated alkanes) is 1. The largest absolute Gasteiger partial charge is 0.396 e. The topological polar surface area (TPSA) is 58.9 Å². The molecule has 4 heteroatoms. The maximum atomic E-state index is 9.32. The molecule has 0 radical (unpaired) electrons. The number of rotatable bonds is 11. The van der Waals surface area contributed by atoms with Crippen LogP contribution in [-0.4, -0.2) is 42.9 Å². The highest BCUT2D eigenvalue weighted by Crippen LogP contribution is 2.02. The SMILES string of the molecule is CCCCC(O)OCCCOCCCO. The van der Waals surface area contributed by atoms with Gasteiger partial charge in [0.25, 0.3) is 0 Å². The molecule has 0 aromatic carbocycles. The minimum Gasteiger partial charge on any atom is -0.396 e. The van der Waals surface area contributed by atoms with Gasteiger partial charge in [0.1, 0.15) is 0 Å². The third-order valence-electron chi connectivity index (χ3n) is 1.99. The average molecular weight is 220 g/mol. The molecule has 0 spiro atoms. The van der Waals surface area contributed by atoms with Gasteiger partial charge in [-0.1, -0.05) is 13.3 Å². The summed E-state index contributed by atoms with van der Waals surface area (Å²) >= 11 is 0. The quantitative estimate of drug-likeness (QED) is 0.407. The molecule has 0 bridgehead atoms. The predicted octanol–water partition coefficient (Wildman–Crippen LogP) is 1.30. The molecule has 4 nitrogen and oxygen atoms in total. The van der Waals surface area contributed by atoms with Gasteiger partial charge in [0.05, 0.1) is 6.61 Å². The van der Waals surface area contributed by atoms with Gasteiger partial charge in [-0.05, 0) is 25.7 Å². The maximum Gasteiger partial charge on any atom is 0.154 e. The van der Waals surface area contributed by atoms with Crippen LogP contribution in [-0.2, 0) is 9.47 Å². The number of aliphatic hydroxyl groups excluding tert-OH is 2. The van der Waals surface area contributed by atoms with Crippen LogP contribution in [0.5, 0.6) is 0 Å². The zero-order valence-corrected chi connectivity index (χ0v) is 9.65. The van der Waals surface area contributed by atoms with Crippen LogP contribution in [0.1, 0.15) is 39.0 Å². The monoisotopic (exact) mass is 220 g/mol. The van der Waals surface area contributed by atoms with E-state index in [0.717, 1.165) is 19.3 Å². The van der Waals surface area contributed by atoms with Crippen LogP contribution in [0.15, 0.2) is 0 Å². The summed E-state index contributed by atoms with van der Waals surface area (Å²) in [5, 5.41) is 17.8. The molecule has 92 valence electrons. The summed E-state index contributed by atoms with van der Waals surface area (Å²) in [5.74, 6) is 0. The van der Waals surface area contributed by atoms with Gasteiger partial charge in [0, 0.05) is 19.8 Å². The summed E-state index contributed by atoms with van der Waals surface area (Å²) in [6.07, 6.45) is 3.62. The number of hydrogen-bond acceptors (Lipinski definition) is 4. The molecule has 0 heterocycles. The first-order valence-corrected chi connectivity index (χ1v) is 5.79. The van der Waals surface area contributed by atoms with E-state index < -0.39 is 6.29 Å². The van der Waals surface area contributed by atoms with Crippen LogP contribution >= 0.6 is 0 Å². The molecule has 0 aromatic heterocycles. The molecule has 0 aliphatic heterocycles. The van der Waals surface area contributed by atoms with Crippen molar-refractivity contribution in [2.45, 2.75) is 45.3 Å². The van der Waals surface area contributed by atoms with Crippen LogP contribution < -0.4 is 0 Å². The number of ether oxygens (including phenoxy) is 2. The van der Waals surface area contributed by atoms with Gasteiger partial charge in [-0.2, -0.15) is 0 Å². The fourth-order valence-electron chi connectivity index (χ4n) is 1.11. The Kier molecular flexibility index (Phi) is 11.8. The molecule has 0 amide bonds. The van der Waals surface area contributed by atoms with Crippen molar-refractivity contribution < 1.29 is 19.7 Å². The van der Waals surface area contributed by atoms with E-state index in [4.69, 9.17) is 14.6 Å². The van der Waals surface area contributed by atoms with Crippen molar-refractivity contribution in [1.82, 2.24) is 0 Å². The lowest BCUT2D eigenvalue weighted by Gasteiger charge is -2.11. The van der Waals surface area contributed by atoms with E-state index in [1.807, 2.05) is 0 Å². The fraction of sp³-hybridized carbons (Fsp3) is 1.00. The van der Waals surface area contributed by atoms with Crippen LogP contribution in [0.25, 0.3) is 0 Å². The molecule has 1 unspecified atom stereocenters. The average Bonchev–Trinajstić information content (AvgIpc) is 2.25. The van der Waals surface area contributed by atoms with Crippen molar-refractivity contribution in [3.05, 3.63) is 0 Å². The number of hydrogen-bond donors (Lipinski definition) is 2. The first kappa shape index (κ1) is 14.8. The first-order valence-electron chi connectivity index (χ1n) is 5.79. The third-order valence-corrected chi connectivity index (χ3v) is 1.99. The normalized spacial score (nSPS) is 13.0. The van der Waals surface area contributed by atoms with Gasteiger partial charge in [0.15, 0.2) is 6.29 Å². The molecule has 0 aromatic rings. The van der Waals surface area contributed by atoms with Crippen molar-refractivity contribution in [3.8, 4) is 0 Å². The molecule has 0 saturated carbocycles. The molecule has 0 rings (SSSR count). The maximum absolute atomic E-state index is 9.32. The Balaban J connectivity index is 3.02. The zero-order chi connectivity index (χ0) is 11.4. The highest BCUT2D eigenvalue weighted by molar-refractivity contribution is 4.43. The van der Waals surface area contributed by atoms with Crippen molar-refractivity contribution in [3.63, 3.8) is 0 Å². The van der Waals surface area contributed by atoms with E-state index in [0.29, 0.717) is 32.7 Å².